The predicted molar refractivity (Wildman–Crippen MR) is 57.0 cm³/mol. The topological polar surface area (TPSA) is 15.8 Å². The second-order valence-electron chi connectivity index (χ2n) is 4.55. The second kappa shape index (κ2) is 2.63. The van der Waals surface area contributed by atoms with Crippen LogP contribution in [0.1, 0.15) is 26.3 Å². The highest BCUT2D eigenvalue weighted by Gasteiger charge is 2.13. The van der Waals surface area contributed by atoms with Crippen molar-refractivity contribution in [3.63, 3.8) is 0 Å². The van der Waals surface area contributed by atoms with E-state index in [4.69, 9.17) is 0 Å². The van der Waals surface area contributed by atoms with E-state index in [1.807, 2.05) is 12.4 Å². The van der Waals surface area contributed by atoms with Gasteiger partial charge in [-0.05, 0) is 27.8 Å². The van der Waals surface area contributed by atoms with Crippen molar-refractivity contribution in [3.8, 4) is 0 Å². The molecule has 68 valence electrons. The molecule has 0 atom stereocenters. The lowest BCUT2D eigenvalue weighted by Gasteiger charge is -2.18. The van der Waals surface area contributed by atoms with Gasteiger partial charge in [-0.25, -0.2) is 0 Å². The third-order valence-corrected chi connectivity index (χ3v) is 2.43. The number of benzene rings is 1. The van der Waals surface area contributed by atoms with Gasteiger partial charge in [0.25, 0.3) is 0 Å². The molecule has 0 saturated carbocycles. The van der Waals surface area contributed by atoms with E-state index in [2.05, 4.69) is 44.0 Å². The van der Waals surface area contributed by atoms with Gasteiger partial charge in [-0.2, -0.15) is 0 Å². The number of hydrogen-bond acceptors (Lipinski definition) is 0. The number of rotatable bonds is 0. The van der Waals surface area contributed by atoms with E-state index in [1.54, 1.807) is 0 Å². The molecular weight excluding hydrogens is 158 g/mol. The van der Waals surface area contributed by atoms with E-state index < -0.39 is 0 Å². The van der Waals surface area contributed by atoms with Gasteiger partial charge < -0.3 is 4.98 Å². The van der Waals surface area contributed by atoms with E-state index in [0.29, 0.717) is 0 Å². The maximum atomic E-state index is 3.12. The van der Waals surface area contributed by atoms with Gasteiger partial charge in [0.15, 0.2) is 0 Å². The van der Waals surface area contributed by atoms with Gasteiger partial charge in [-0.1, -0.05) is 32.9 Å². The number of aromatic nitrogens is 1. The monoisotopic (exact) mass is 173 g/mol. The van der Waals surface area contributed by atoms with Gasteiger partial charge in [-0.3, -0.25) is 0 Å². The Bertz CT molecular complexity index is 418. The van der Waals surface area contributed by atoms with Crippen LogP contribution in [-0.2, 0) is 5.41 Å². The van der Waals surface area contributed by atoms with Crippen molar-refractivity contribution < 1.29 is 0 Å². The molecular formula is C12H15N. The normalized spacial score (nSPS) is 12.2. The number of aromatic amines is 1. The van der Waals surface area contributed by atoms with E-state index in [1.165, 1.54) is 16.3 Å². The van der Waals surface area contributed by atoms with Gasteiger partial charge in [0.2, 0.25) is 0 Å². The Balaban J connectivity index is 2.61. The molecule has 1 N–H and O–H groups in total. The van der Waals surface area contributed by atoms with E-state index in [9.17, 15) is 0 Å². The minimum atomic E-state index is 0.242. The predicted octanol–water partition coefficient (Wildman–Crippen LogP) is 3.47. The van der Waals surface area contributed by atoms with Crippen LogP contribution in [0.5, 0.6) is 0 Å². The number of hydrogen-bond donors (Lipinski definition) is 1. The molecule has 2 aromatic rings. The maximum Gasteiger partial charge on any atom is 0.00844 e. The van der Waals surface area contributed by atoms with Crippen LogP contribution in [0.15, 0.2) is 30.6 Å². The summed E-state index contributed by atoms with van der Waals surface area (Å²) in [5.74, 6) is 0. The highest BCUT2D eigenvalue weighted by atomic mass is 14.6. The largest absolute Gasteiger partial charge is 0.366 e. The van der Waals surface area contributed by atoms with Crippen LogP contribution in [0.25, 0.3) is 10.8 Å². The highest BCUT2D eigenvalue weighted by Crippen LogP contribution is 2.25. The van der Waals surface area contributed by atoms with E-state index in [0.717, 1.165) is 0 Å². The first-order valence-electron chi connectivity index (χ1n) is 4.64. The van der Waals surface area contributed by atoms with Crippen LogP contribution < -0.4 is 0 Å². The molecule has 0 aliphatic carbocycles. The summed E-state index contributed by atoms with van der Waals surface area (Å²) in [6.45, 7) is 6.71. The molecule has 2 rings (SSSR count). The minimum Gasteiger partial charge on any atom is -0.366 e. The summed E-state index contributed by atoms with van der Waals surface area (Å²) in [5.41, 5.74) is 1.63. The summed E-state index contributed by atoms with van der Waals surface area (Å²) >= 11 is 0. The Morgan fingerprint density at radius 2 is 1.69 bits per heavy atom. The standard InChI is InChI=1S/C12H15N/c1-12(2,3)11-5-4-9-7-13-8-10(9)6-11/h4-8,13H,1-3H3. The van der Waals surface area contributed by atoms with Crippen LogP contribution in [0.4, 0.5) is 0 Å². The fraction of sp³-hybridized carbons (Fsp3) is 0.333. The minimum absolute atomic E-state index is 0.242. The zero-order valence-electron chi connectivity index (χ0n) is 8.39. The van der Waals surface area contributed by atoms with Gasteiger partial charge in [-0.15, -0.1) is 0 Å². The van der Waals surface area contributed by atoms with Crippen LogP contribution in [0, 0.1) is 0 Å². The summed E-state index contributed by atoms with van der Waals surface area (Å²) in [5, 5.41) is 2.58. The van der Waals surface area contributed by atoms with Crippen LogP contribution in [0.3, 0.4) is 0 Å². The van der Waals surface area contributed by atoms with Gasteiger partial charge >= 0.3 is 0 Å². The first kappa shape index (κ1) is 8.36. The first-order valence-corrected chi connectivity index (χ1v) is 4.64. The van der Waals surface area contributed by atoms with Crippen molar-refractivity contribution in [3.05, 3.63) is 36.2 Å². The fourth-order valence-corrected chi connectivity index (χ4v) is 1.52. The lowest BCUT2D eigenvalue weighted by molar-refractivity contribution is 0.591. The number of H-pyrrole nitrogens is 1. The molecule has 1 heterocycles. The summed E-state index contributed by atoms with van der Waals surface area (Å²) in [6, 6.07) is 6.63. The third kappa shape index (κ3) is 1.46. The molecule has 1 heteroatoms. The van der Waals surface area contributed by atoms with Crippen LogP contribution >= 0.6 is 0 Å². The van der Waals surface area contributed by atoms with Crippen LogP contribution in [-0.4, -0.2) is 4.98 Å². The average molecular weight is 173 g/mol. The molecule has 1 aromatic heterocycles. The van der Waals surface area contributed by atoms with Gasteiger partial charge in [0, 0.05) is 12.4 Å². The fourth-order valence-electron chi connectivity index (χ4n) is 1.52. The SMILES string of the molecule is CC(C)(C)c1ccc2c[nH]cc2c1. The zero-order chi connectivity index (χ0) is 9.47. The van der Waals surface area contributed by atoms with E-state index >= 15 is 0 Å². The molecule has 0 radical (unpaired) electrons. The van der Waals surface area contributed by atoms with Crippen molar-refractivity contribution in [2.75, 3.05) is 0 Å². The summed E-state index contributed by atoms with van der Waals surface area (Å²) < 4.78 is 0. The van der Waals surface area contributed by atoms with Crippen molar-refractivity contribution in [2.24, 2.45) is 0 Å². The van der Waals surface area contributed by atoms with Crippen molar-refractivity contribution >= 4 is 10.8 Å². The molecule has 1 aromatic carbocycles. The maximum absolute atomic E-state index is 3.12. The molecule has 0 aliphatic heterocycles. The molecule has 0 aliphatic rings. The molecule has 13 heavy (non-hydrogen) atoms. The molecule has 0 bridgehead atoms. The Morgan fingerprint density at radius 1 is 1.00 bits per heavy atom. The van der Waals surface area contributed by atoms with Gasteiger partial charge in [0.05, 0.1) is 0 Å². The first-order chi connectivity index (χ1) is 6.07. The van der Waals surface area contributed by atoms with Crippen molar-refractivity contribution in [2.45, 2.75) is 26.2 Å². The zero-order valence-corrected chi connectivity index (χ0v) is 8.39. The quantitative estimate of drug-likeness (QED) is 0.628. The summed E-state index contributed by atoms with van der Waals surface area (Å²) in [6.07, 6.45) is 4.08. The molecule has 0 fully saturated rings. The lowest BCUT2D eigenvalue weighted by atomic mass is 9.86. The lowest BCUT2D eigenvalue weighted by Crippen LogP contribution is -2.10. The van der Waals surface area contributed by atoms with Crippen molar-refractivity contribution in [1.29, 1.82) is 0 Å². The summed E-state index contributed by atoms with van der Waals surface area (Å²) in [4.78, 5) is 3.12. The number of fused-ring (bicyclic) bond motifs is 1. The molecule has 0 spiro atoms. The molecule has 1 nitrogen and oxygen atoms in total. The Morgan fingerprint density at radius 3 is 2.38 bits per heavy atom. The Labute approximate surface area is 78.8 Å². The smallest absolute Gasteiger partial charge is 0.00844 e. The average Bonchev–Trinajstić information content (AvgIpc) is 2.47. The van der Waals surface area contributed by atoms with Gasteiger partial charge in [0.1, 0.15) is 0 Å². The highest BCUT2D eigenvalue weighted by molar-refractivity contribution is 5.82. The Kier molecular flexibility index (Phi) is 1.69. The number of nitrogens with one attached hydrogen (secondary N) is 1. The van der Waals surface area contributed by atoms with E-state index in [-0.39, 0.29) is 5.41 Å². The third-order valence-electron chi connectivity index (χ3n) is 2.43. The second-order valence-corrected chi connectivity index (χ2v) is 4.55. The summed E-state index contributed by atoms with van der Waals surface area (Å²) in [7, 11) is 0. The molecule has 0 amide bonds. The molecule has 0 unspecified atom stereocenters. The van der Waals surface area contributed by atoms with Crippen molar-refractivity contribution in [1.82, 2.24) is 4.98 Å². The Hall–Kier alpha value is -1.24. The molecule has 0 saturated heterocycles. The van der Waals surface area contributed by atoms with Crippen LogP contribution in [0.2, 0.25) is 0 Å².